The SMILES string of the molecule is COc1cccc2c1cc1c(=O)n(CC(=O)N3CCN(C4CCCCC4)CC3)nc(C)n12. The zero-order valence-corrected chi connectivity index (χ0v) is 18.9. The third-order valence-electron chi connectivity index (χ3n) is 7.11. The minimum Gasteiger partial charge on any atom is -0.496 e. The molecule has 1 aliphatic carbocycles. The molecule has 0 bridgehead atoms. The van der Waals surface area contributed by atoms with Crippen molar-refractivity contribution < 1.29 is 9.53 Å². The van der Waals surface area contributed by atoms with E-state index in [0.29, 0.717) is 23.1 Å². The maximum absolute atomic E-state index is 13.2. The molecular formula is C24H31N5O3. The van der Waals surface area contributed by atoms with Crippen molar-refractivity contribution in [1.82, 2.24) is 24.0 Å². The molecule has 0 spiro atoms. The van der Waals surface area contributed by atoms with Crippen LogP contribution >= 0.6 is 0 Å². The number of methoxy groups -OCH3 is 1. The standard InChI is InChI=1S/C24H31N5O3/c1-17-25-28(24(31)21-15-19-20(29(17)21)9-6-10-22(19)32-2)16-23(30)27-13-11-26(12-14-27)18-7-4-3-5-8-18/h6,9-10,15,18H,3-5,7-8,11-14,16H2,1-2H3. The van der Waals surface area contributed by atoms with Gasteiger partial charge in [0.1, 0.15) is 23.6 Å². The number of benzene rings is 1. The maximum atomic E-state index is 13.2. The van der Waals surface area contributed by atoms with Crippen LogP contribution in [0.5, 0.6) is 5.75 Å². The lowest BCUT2D eigenvalue weighted by Crippen LogP contribution is -2.53. The third kappa shape index (κ3) is 3.66. The van der Waals surface area contributed by atoms with Crippen LogP contribution in [-0.4, -0.2) is 69.2 Å². The quantitative estimate of drug-likeness (QED) is 0.627. The van der Waals surface area contributed by atoms with Crippen molar-refractivity contribution in [3.05, 3.63) is 40.4 Å². The molecule has 1 amide bonds. The maximum Gasteiger partial charge on any atom is 0.291 e. The van der Waals surface area contributed by atoms with Crippen LogP contribution in [0.15, 0.2) is 29.1 Å². The number of hydrogen-bond donors (Lipinski definition) is 0. The van der Waals surface area contributed by atoms with Crippen LogP contribution in [0.1, 0.15) is 37.9 Å². The molecule has 0 atom stereocenters. The summed E-state index contributed by atoms with van der Waals surface area (Å²) < 4.78 is 8.60. The van der Waals surface area contributed by atoms with Crippen LogP contribution in [-0.2, 0) is 11.3 Å². The highest BCUT2D eigenvalue weighted by Gasteiger charge is 2.27. The van der Waals surface area contributed by atoms with E-state index in [-0.39, 0.29) is 18.0 Å². The van der Waals surface area contributed by atoms with Crippen LogP contribution in [0.25, 0.3) is 16.4 Å². The first-order valence-electron chi connectivity index (χ1n) is 11.6. The van der Waals surface area contributed by atoms with E-state index in [4.69, 9.17) is 4.74 Å². The molecule has 5 rings (SSSR count). The number of fused-ring (bicyclic) bond motifs is 3. The van der Waals surface area contributed by atoms with Gasteiger partial charge in [-0.3, -0.25) is 18.9 Å². The predicted molar refractivity (Wildman–Crippen MR) is 123 cm³/mol. The molecular weight excluding hydrogens is 406 g/mol. The van der Waals surface area contributed by atoms with E-state index >= 15 is 0 Å². The van der Waals surface area contributed by atoms with Gasteiger partial charge in [-0.05, 0) is 38.0 Å². The number of carbonyl (C=O) groups is 1. The second-order valence-electron chi connectivity index (χ2n) is 8.98. The summed E-state index contributed by atoms with van der Waals surface area (Å²) in [4.78, 5) is 30.6. The number of ether oxygens (including phenoxy) is 1. The topological polar surface area (TPSA) is 72.1 Å². The van der Waals surface area contributed by atoms with E-state index in [9.17, 15) is 9.59 Å². The lowest BCUT2D eigenvalue weighted by atomic mass is 9.94. The number of rotatable bonds is 4. The number of nitrogens with zero attached hydrogens (tertiary/aromatic N) is 5. The van der Waals surface area contributed by atoms with Gasteiger partial charge in [0.25, 0.3) is 5.56 Å². The van der Waals surface area contributed by atoms with Gasteiger partial charge in [0.2, 0.25) is 5.91 Å². The minimum absolute atomic E-state index is 0.0295. The second kappa shape index (κ2) is 8.58. The smallest absolute Gasteiger partial charge is 0.291 e. The monoisotopic (exact) mass is 437 g/mol. The van der Waals surface area contributed by atoms with E-state index in [1.165, 1.54) is 36.8 Å². The summed E-state index contributed by atoms with van der Waals surface area (Å²) in [7, 11) is 1.62. The lowest BCUT2D eigenvalue weighted by Gasteiger charge is -2.40. The molecule has 1 saturated heterocycles. The minimum atomic E-state index is -0.261. The molecule has 0 N–H and O–H groups in total. The molecule has 2 aromatic heterocycles. The summed E-state index contributed by atoms with van der Waals surface area (Å²) >= 11 is 0. The van der Waals surface area contributed by atoms with Gasteiger partial charge < -0.3 is 9.64 Å². The van der Waals surface area contributed by atoms with Crippen LogP contribution in [0, 0.1) is 6.92 Å². The molecule has 8 nitrogen and oxygen atoms in total. The Morgan fingerprint density at radius 3 is 2.56 bits per heavy atom. The second-order valence-corrected chi connectivity index (χ2v) is 8.98. The highest BCUT2D eigenvalue weighted by Crippen LogP contribution is 2.28. The van der Waals surface area contributed by atoms with Gasteiger partial charge in [-0.1, -0.05) is 25.3 Å². The molecule has 1 aromatic carbocycles. The fourth-order valence-corrected chi connectivity index (χ4v) is 5.40. The molecule has 3 aromatic rings. The first-order chi connectivity index (χ1) is 15.6. The Balaban J connectivity index is 1.35. The average Bonchev–Trinajstić information content (AvgIpc) is 3.23. The van der Waals surface area contributed by atoms with E-state index in [1.807, 2.05) is 40.5 Å². The molecule has 1 aliphatic heterocycles. The van der Waals surface area contributed by atoms with Crippen molar-refractivity contribution >= 4 is 22.3 Å². The van der Waals surface area contributed by atoms with Crippen LogP contribution in [0.4, 0.5) is 0 Å². The van der Waals surface area contributed by atoms with Crippen LogP contribution in [0.2, 0.25) is 0 Å². The number of aryl methyl sites for hydroxylation is 1. The molecule has 32 heavy (non-hydrogen) atoms. The van der Waals surface area contributed by atoms with Gasteiger partial charge >= 0.3 is 0 Å². The van der Waals surface area contributed by atoms with Gasteiger partial charge in [-0.2, -0.15) is 5.10 Å². The van der Waals surface area contributed by atoms with Crippen molar-refractivity contribution in [3.63, 3.8) is 0 Å². The number of piperazine rings is 1. The fraction of sp³-hybridized carbons (Fsp3) is 0.542. The molecule has 2 fully saturated rings. The Hall–Kier alpha value is -2.87. The Labute approximate surface area is 187 Å². The number of aromatic nitrogens is 3. The largest absolute Gasteiger partial charge is 0.496 e. The summed E-state index contributed by atoms with van der Waals surface area (Å²) in [5.41, 5.74) is 1.12. The van der Waals surface area contributed by atoms with Gasteiger partial charge in [0.15, 0.2) is 0 Å². The highest BCUT2D eigenvalue weighted by atomic mass is 16.5. The summed E-state index contributed by atoms with van der Waals surface area (Å²) in [6, 6.07) is 8.22. The fourth-order valence-electron chi connectivity index (χ4n) is 5.40. The van der Waals surface area contributed by atoms with Crippen molar-refractivity contribution in [2.45, 2.75) is 51.6 Å². The van der Waals surface area contributed by atoms with E-state index in [1.54, 1.807) is 7.11 Å². The zero-order chi connectivity index (χ0) is 22.2. The van der Waals surface area contributed by atoms with Crippen molar-refractivity contribution in [2.24, 2.45) is 0 Å². The van der Waals surface area contributed by atoms with E-state index in [0.717, 1.165) is 37.1 Å². The van der Waals surface area contributed by atoms with Crippen molar-refractivity contribution in [3.8, 4) is 5.75 Å². The van der Waals surface area contributed by atoms with Gasteiger partial charge in [0.05, 0.1) is 12.6 Å². The normalized spacial score (nSPS) is 18.5. The molecule has 0 unspecified atom stereocenters. The van der Waals surface area contributed by atoms with Gasteiger partial charge in [-0.15, -0.1) is 0 Å². The van der Waals surface area contributed by atoms with Crippen LogP contribution < -0.4 is 10.3 Å². The Morgan fingerprint density at radius 1 is 1.09 bits per heavy atom. The lowest BCUT2D eigenvalue weighted by molar-refractivity contribution is -0.134. The van der Waals surface area contributed by atoms with Gasteiger partial charge in [-0.25, -0.2) is 4.68 Å². The van der Waals surface area contributed by atoms with Crippen molar-refractivity contribution in [2.75, 3.05) is 33.3 Å². The predicted octanol–water partition coefficient (Wildman–Crippen LogP) is 2.44. The highest BCUT2D eigenvalue weighted by molar-refractivity contribution is 5.92. The third-order valence-corrected chi connectivity index (χ3v) is 7.11. The van der Waals surface area contributed by atoms with Crippen molar-refractivity contribution in [1.29, 1.82) is 0 Å². The number of carbonyl (C=O) groups excluding carboxylic acids is 1. The average molecular weight is 438 g/mol. The first-order valence-corrected chi connectivity index (χ1v) is 11.6. The van der Waals surface area contributed by atoms with E-state index in [2.05, 4.69) is 10.00 Å². The van der Waals surface area contributed by atoms with Gasteiger partial charge in [0, 0.05) is 37.6 Å². The first kappa shape index (κ1) is 21.0. The number of hydrogen-bond acceptors (Lipinski definition) is 5. The molecule has 170 valence electrons. The summed E-state index contributed by atoms with van der Waals surface area (Å²) in [5, 5.41) is 5.33. The Kier molecular flexibility index (Phi) is 5.63. The molecule has 0 radical (unpaired) electrons. The zero-order valence-electron chi connectivity index (χ0n) is 18.9. The Bertz CT molecular complexity index is 1200. The van der Waals surface area contributed by atoms with E-state index < -0.39 is 0 Å². The number of amides is 1. The molecule has 3 heterocycles. The molecule has 8 heteroatoms. The molecule has 2 aliphatic rings. The Morgan fingerprint density at radius 2 is 1.84 bits per heavy atom. The van der Waals surface area contributed by atoms with Crippen LogP contribution in [0.3, 0.4) is 0 Å². The summed E-state index contributed by atoms with van der Waals surface area (Å²) in [6.45, 7) is 5.10. The molecule has 1 saturated carbocycles. The summed E-state index contributed by atoms with van der Waals surface area (Å²) in [6.07, 6.45) is 6.55. The summed E-state index contributed by atoms with van der Waals surface area (Å²) in [5.74, 6) is 1.33.